The van der Waals surface area contributed by atoms with Crippen LogP contribution in [0, 0.1) is 6.92 Å². The van der Waals surface area contributed by atoms with Crippen LogP contribution in [0.3, 0.4) is 0 Å². The molecule has 94 valence electrons. The molecular formula is C13H17BrClNO. The Morgan fingerprint density at radius 1 is 1.41 bits per heavy atom. The number of nitrogens with one attached hydrogen (secondary N) is 1. The second-order valence-electron chi connectivity index (χ2n) is 4.79. The van der Waals surface area contributed by atoms with Gasteiger partial charge in [-0.2, -0.15) is 0 Å². The summed E-state index contributed by atoms with van der Waals surface area (Å²) in [5, 5.41) is 4.45. The van der Waals surface area contributed by atoms with Crippen molar-refractivity contribution >= 4 is 33.4 Å². The van der Waals surface area contributed by atoms with Gasteiger partial charge in [0.15, 0.2) is 0 Å². The van der Waals surface area contributed by atoms with E-state index in [4.69, 9.17) is 11.6 Å². The highest BCUT2D eigenvalue weighted by molar-refractivity contribution is 9.09. The van der Waals surface area contributed by atoms with E-state index in [1.54, 1.807) is 6.07 Å². The van der Waals surface area contributed by atoms with Gasteiger partial charge < -0.3 is 5.32 Å². The zero-order chi connectivity index (χ0) is 13.1. The van der Waals surface area contributed by atoms with Gasteiger partial charge in [0, 0.05) is 21.5 Å². The predicted molar refractivity (Wildman–Crippen MR) is 76.1 cm³/mol. The maximum atomic E-state index is 12.1. The molecule has 0 spiro atoms. The number of hydrogen-bond acceptors (Lipinski definition) is 1. The van der Waals surface area contributed by atoms with Crippen LogP contribution in [0.1, 0.15) is 36.2 Å². The molecule has 0 unspecified atom stereocenters. The molecule has 0 bridgehead atoms. The van der Waals surface area contributed by atoms with Gasteiger partial charge in [-0.3, -0.25) is 4.79 Å². The van der Waals surface area contributed by atoms with Crippen molar-refractivity contribution in [1.29, 1.82) is 0 Å². The fraction of sp³-hybridized carbons (Fsp3) is 0.462. The van der Waals surface area contributed by atoms with Crippen LogP contribution in [0.4, 0.5) is 0 Å². The van der Waals surface area contributed by atoms with Gasteiger partial charge in [-0.1, -0.05) is 27.5 Å². The van der Waals surface area contributed by atoms with Gasteiger partial charge in [-0.05, 0) is 51.0 Å². The molecule has 0 atom stereocenters. The van der Waals surface area contributed by atoms with Crippen LogP contribution in [0.2, 0.25) is 5.02 Å². The molecule has 0 radical (unpaired) electrons. The SMILES string of the molecule is Cc1cc(Cl)cc(C(=O)NC(C)(C)CCBr)c1. The molecule has 0 aliphatic rings. The second kappa shape index (κ2) is 5.87. The Morgan fingerprint density at radius 2 is 2.06 bits per heavy atom. The Bertz CT molecular complexity index is 398. The highest BCUT2D eigenvalue weighted by atomic mass is 79.9. The molecule has 1 aromatic rings. The van der Waals surface area contributed by atoms with Gasteiger partial charge in [0.1, 0.15) is 0 Å². The zero-order valence-corrected chi connectivity index (χ0v) is 12.7. The summed E-state index contributed by atoms with van der Waals surface area (Å²) in [6, 6.07) is 5.36. The van der Waals surface area contributed by atoms with E-state index in [9.17, 15) is 4.79 Å². The molecule has 0 fully saturated rings. The molecular weight excluding hydrogens is 302 g/mol. The van der Waals surface area contributed by atoms with Gasteiger partial charge in [-0.25, -0.2) is 0 Å². The largest absolute Gasteiger partial charge is 0.347 e. The average Bonchev–Trinajstić information content (AvgIpc) is 2.14. The lowest BCUT2D eigenvalue weighted by Crippen LogP contribution is -2.43. The van der Waals surface area contributed by atoms with Crippen LogP contribution < -0.4 is 5.32 Å². The van der Waals surface area contributed by atoms with E-state index in [1.807, 2.05) is 32.9 Å². The molecule has 0 saturated heterocycles. The third kappa shape index (κ3) is 4.68. The van der Waals surface area contributed by atoms with E-state index in [0.717, 1.165) is 17.3 Å². The number of aryl methyl sites for hydroxylation is 1. The van der Waals surface area contributed by atoms with Crippen molar-refractivity contribution in [3.8, 4) is 0 Å². The minimum absolute atomic E-state index is 0.0819. The summed E-state index contributed by atoms with van der Waals surface area (Å²) in [6.07, 6.45) is 0.873. The fourth-order valence-electron chi connectivity index (χ4n) is 1.55. The highest BCUT2D eigenvalue weighted by Crippen LogP contribution is 2.16. The Hall–Kier alpha value is -0.540. The second-order valence-corrected chi connectivity index (χ2v) is 6.02. The molecule has 17 heavy (non-hydrogen) atoms. The summed E-state index contributed by atoms with van der Waals surface area (Å²) in [7, 11) is 0. The lowest BCUT2D eigenvalue weighted by atomic mass is 10.0. The molecule has 1 amide bonds. The van der Waals surface area contributed by atoms with Crippen molar-refractivity contribution in [2.24, 2.45) is 0 Å². The number of halogens is 2. The van der Waals surface area contributed by atoms with Crippen LogP contribution in [0.15, 0.2) is 18.2 Å². The van der Waals surface area contributed by atoms with Gasteiger partial charge in [0.2, 0.25) is 0 Å². The molecule has 1 aromatic carbocycles. The van der Waals surface area contributed by atoms with E-state index < -0.39 is 0 Å². The topological polar surface area (TPSA) is 29.1 Å². The van der Waals surface area contributed by atoms with Gasteiger partial charge in [0.25, 0.3) is 5.91 Å². The monoisotopic (exact) mass is 317 g/mol. The number of alkyl halides is 1. The Morgan fingerprint density at radius 3 is 2.59 bits per heavy atom. The first-order chi connectivity index (χ1) is 7.84. The lowest BCUT2D eigenvalue weighted by molar-refractivity contribution is 0.0912. The van der Waals surface area contributed by atoms with E-state index in [0.29, 0.717) is 10.6 Å². The first-order valence-electron chi connectivity index (χ1n) is 5.50. The Kier molecular flexibility index (Phi) is 5.02. The minimum Gasteiger partial charge on any atom is -0.347 e. The first-order valence-corrected chi connectivity index (χ1v) is 7.00. The van der Waals surface area contributed by atoms with Gasteiger partial charge in [0.05, 0.1) is 0 Å². The third-order valence-corrected chi connectivity index (χ3v) is 3.09. The number of benzene rings is 1. The molecule has 0 aliphatic heterocycles. The molecule has 1 N–H and O–H groups in total. The summed E-state index contributed by atoms with van der Waals surface area (Å²) in [6.45, 7) is 5.93. The molecule has 1 rings (SSSR count). The summed E-state index contributed by atoms with van der Waals surface area (Å²) >= 11 is 9.32. The fourth-order valence-corrected chi connectivity index (χ4v) is 2.83. The summed E-state index contributed by atoms with van der Waals surface area (Å²) in [5.74, 6) is -0.0819. The number of rotatable bonds is 4. The minimum atomic E-state index is -0.225. The zero-order valence-electron chi connectivity index (χ0n) is 10.3. The van der Waals surface area contributed by atoms with Crippen molar-refractivity contribution < 1.29 is 4.79 Å². The van der Waals surface area contributed by atoms with E-state index >= 15 is 0 Å². The number of amides is 1. The first kappa shape index (κ1) is 14.5. The molecule has 0 aromatic heterocycles. The molecule has 0 aliphatic carbocycles. The van der Waals surface area contributed by atoms with Crippen molar-refractivity contribution in [2.75, 3.05) is 5.33 Å². The maximum absolute atomic E-state index is 12.1. The quantitative estimate of drug-likeness (QED) is 0.837. The van der Waals surface area contributed by atoms with Crippen LogP contribution in [-0.4, -0.2) is 16.8 Å². The van der Waals surface area contributed by atoms with Crippen LogP contribution in [0.25, 0.3) is 0 Å². The van der Waals surface area contributed by atoms with Gasteiger partial charge >= 0.3 is 0 Å². The van der Waals surface area contributed by atoms with E-state index in [-0.39, 0.29) is 11.4 Å². The van der Waals surface area contributed by atoms with Crippen molar-refractivity contribution in [3.63, 3.8) is 0 Å². The van der Waals surface area contributed by atoms with Crippen molar-refractivity contribution in [2.45, 2.75) is 32.7 Å². The Balaban J connectivity index is 2.83. The standard InChI is InChI=1S/C13H17BrClNO/c1-9-6-10(8-11(15)7-9)12(17)16-13(2,3)4-5-14/h6-8H,4-5H2,1-3H3,(H,16,17). The number of hydrogen-bond donors (Lipinski definition) is 1. The average molecular weight is 319 g/mol. The van der Waals surface area contributed by atoms with E-state index in [1.165, 1.54) is 0 Å². The molecule has 0 heterocycles. The lowest BCUT2D eigenvalue weighted by Gasteiger charge is -2.25. The smallest absolute Gasteiger partial charge is 0.251 e. The molecule has 2 nitrogen and oxygen atoms in total. The Labute approximate surface area is 116 Å². The van der Waals surface area contributed by atoms with Gasteiger partial charge in [-0.15, -0.1) is 0 Å². The predicted octanol–water partition coefficient (Wildman–Crippen LogP) is 3.94. The van der Waals surface area contributed by atoms with E-state index in [2.05, 4.69) is 21.2 Å². The number of carbonyl (C=O) groups is 1. The molecule has 0 saturated carbocycles. The van der Waals surface area contributed by atoms with Crippen LogP contribution in [-0.2, 0) is 0 Å². The summed E-state index contributed by atoms with van der Waals surface area (Å²) in [4.78, 5) is 12.1. The number of carbonyl (C=O) groups excluding carboxylic acids is 1. The third-order valence-electron chi connectivity index (χ3n) is 2.48. The summed E-state index contributed by atoms with van der Waals surface area (Å²) in [5.41, 5.74) is 1.37. The highest BCUT2D eigenvalue weighted by Gasteiger charge is 2.20. The summed E-state index contributed by atoms with van der Waals surface area (Å²) < 4.78 is 0. The van der Waals surface area contributed by atoms with Crippen molar-refractivity contribution in [3.05, 3.63) is 34.3 Å². The van der Waals surface area contributed by atoms with Crippen LogP contribution in [0.5, 0.6) is 0 Å². The maximum Gasteiger partial charge on any atom is 0.251 e. The molecule has 4 heteroatoms. The van der Waals surface area contributed by atoms with Crippen molar-refractivity contribution in [1.82, 2.24) is 5.32 Å². The normalized spacial score (nSPS) is 11.4. The van der Waals surface area contributed by atoms with Crippen LogP contribution >= 0.6 is 27.5 Å².